The minimum Gasteiger partial charge on any atom is -0.494 e. The highest BCUT2D eigenvalue weighted by Crippen LogP contribution is 2.26. The van der Waals surface area contributed by atoms with Gasteiger partial charge in [0, 0.05) is 25.3 Å². The molecule has 0 aliphatic heterocycles. The summed E-state index contributed by atoms with van der Waals surface area (Å²) in [5.74, 6) is -0.353. The van der Waals surface area contributed by atoms with Gasteiger partial charge in [0.25, 0.3) is 5.56 Å². The number of rotatable bonds is 11. The Balaban J connectivity index is 2.45. The third-order valence-corrected chi connectivity index (χ3v) is 4.76. The number of hydrogen-bond acceptors (Lipinski definition) is 6. The molecule has 1 aromatic carbocycles. The largest absolute Gasteiger partial charge is 0.494 e. The number of aromatic nitrogens is 1. The SMILES string of the molecule is CCCCOc1cccc(C(=O)c2c(C)c(C#N)c(=O)n(CCCOCC)c2O)c1. The van der Waals surface area contributed by atoms with Gasteiger partial charge in [-0.2, -0.15) is 5.26 Å². The fourth-order valence-electron chi connectivity index (χ4n) is 3.11. The molecule has 7 nitrogen and oxygen atoms in total. The minimum absolute atomic E-state index is 0.0479. The van der Waals surface area contributed by atoms with E-state index in [0.29, 0.717) is 37.6 Å². The van der Waals surface area contributed by atoms with Crippen LogP contribution in [-0.4, -0.2) is 35.3 Å². The molecule has 2 rings (SSSR count). The number of pyridine rings is 1. The molecule has 0 radical (unpaired) electrons. The van der Waals surface area contributed by atoms with Crippen molar-refractivity contribution in [3.63, 3.8) is 0 Å². The van der Waals surface area contributed by atoms with Crippen LogP contribution in [0.25, 0.3) is 0 Å². The highest BCUT2D eigenvalue weighted by atomic mass is 16.5. The second kappa shape index (κ2) is 11.2. The van der Waals surface area contributed by atoms with Crippen molar-refractivity contribution in [1.29, 1.82) is 5.26 Å². The van der Waals surface area contributed by atoms with E-state index in [-0.39, 0.29) is 23.2 Å². The standard InChI is InChI=1S/C23H28N2O5/c1-4-6-13-30-18-10-7-9-17(14-18)21(26)20-16(3)19(15-24)22(27)25(23(20)28)11-8-12-29-5-2/h7,9-10,14,28H,4-6,8,11-13H2,1-3H3. The number of ether oxygens (including phenoxy) is 2. The van der Waals surface area contributed by atoms with Gasteiger partial charge in [0.1, 0.15) is 17.4 Å². The van der Waals surface area contributed by atoms with Crippen molar-refractivity contribution in [3.05, 3.63) is 56.9 Å². The molecule has 0 aliphatic carbocycles. The first-order chi connectivity index (χ1) is 14.5. The van der Waals surface area contributed by atoms with E-state index in [9.17, 15) is 20.0 Å². The lowest BCUT2D eigenvalue weighted by atomic mass is 9.97. The van der Waals surface area contributed by atoms with E-state index in [1.807, 2.05) is 13.0 Å². The van der Waals surface area contributed by atoms with Crippen LogP contribution in [-0.2, 0) is 11.3 Å². The Hall–Kier alpha value is -3.11. The number of carbonyl (C=O) groups excluding carboxylic acids is 1. The predicted molar refractivity (Wildman–Crippen MR) is 113 cm³/mol. The summed E-state index contributed by atoms with van der Waals surface area (Å²) in [5.41, 5.74) is -0.331. The summed E-state index contributed by atoms with van der Waals surface area (Å²) in [6.45, 7) is 7.04. The molecule has 1 heterocycles. The first kappa shape index (κ1) is 23.2. The Bertz CT molecular complexity index is 988. The second-order valence-corrected chi connectivity index (χ2v) is 6.88. The summed E-state index contributed by atoms with van der Waals surface area (Å²) in [6.07, 6.45) is 2.35. The van der Waals surface area contributed by atoms with E-state index >= 15 is 0 Å². The molecule has 160 valence electrons. The van der Waals surface area contributed by atoms with E-state index in [1.54, 1.807) is 24.3 Å². The summed E-state index contributed by atoms with van der Waals surface area (Å²) in [7, 11) is 0. The number of carbonyl (C=O) groups is 1. The van der Waals surface area contributed by atoms with Gasteiger partial charge in [0.15, 0.2) is 5.78 Å². The number of benzene rings is 1. The second-order valence-electron chi connectivity index (χ2n) is 6.88. The van der Waals surface area contributed by atoms with Crippen LogP contribution in [0, 0.1) is 18.3 Å². The van der Waals surface area contributed by atoms with Crippen molar-refractivity contribution in [2.24, 2.45) is 0 Å². The molecule has 0 bridgehead atoms. The Morgan fingerprint density at radius 2 is 2.00 bits per heavy atom. The smallest absolute Gasteiger partial charge is 0.271 e. The first-order valence-electron chi connectivity index (χ1n) is 10.2. The molecule has 2 aromatic rings. The lowest BCUT2D eigenvalue weighted by molar-refractivity contribution is 0.103. The molecular weight excluding hydrogens is 384 g/mol. The fourth-order valence-corrected chi connectivity index (χ4v) is 3.11. The molecule has 0 atom stereocenters. The summed E-state index contributed by atoms with van der Waals surface area (Å²) < 4.78 is 12.0. The molecule has 0 fully saturated rings. The van der Waals surface area contributed by atoms with Crippen LogP contribution in [0.5, 0.6) is 11.6 Å². The highest BCUT2D eigenvalue weighted by Gasteiger charge is 2.25. The number of nitriles is 1. The predicted octanol–water partition coefficient (Wildman–Crippen LogP) is 3.57. The first-order valence-corrected chi connectivity index (χ1v) is 10.2. The zero-order valence-electron chi connectivity index (χ0n) is 17.7. The van der Waals surface area contributed by atoms with Gasteiger partial charge in [-0.25, -0.2) is 0 Å². The number of ketones is 1. The molecule has 1 aromatic heterocycles. The highest BCUT2D eigenvalue weighted by molar-refractivity contribution is 6.11. The number of nitrogens with zero attached hydrogens (tertiary/aromatic N) is 2. The average molecular weight is 412 g/mol. The Labute approximate surface area is 176 Å². The van der Waals surface area contributed by atoms with Crippen LogP contribution in [0.2, 0.25) is 0 Å². The number of aromatic hydroxyl groups is 1. The minimum atomic E-state index is -0.614. The molecule has 1 N–H and O–H groups in total. The van der Waals surface area contributed by atoms with Gasteiger partial charge in [0.05, 0.1) is 12.2 Å². The van der Waals surface area contributed by atoms with E-state index in [2.05, 4.69) is 6.92 Å². The van der Waals surface area contributed by atoms with E-state index in [1.165, 1.54) is 6.92 Å². The number of hydrogen-bond donors (Lipinski definition) is 1. The topological polar surface area (TPSA) is 102 Å². The lowest BCUT2D eigenvalue weighted by Gasteiger charge is -2.16. The number of unbranched alkanes of at least 4 members (excludes halogenated alkanes) is 1. The molecular formula is C23H28N2O5. The van der Waals surface area contributed by atoms with Crippen LogP contribution in [0.3, 0.4) is 0 Å². The summed E-state index contributed by atoms with van der Waals surface area (Å²) in [4.78, 5) is 25.8. The third kappa shape index (κ3) is 5.28. The maximum absolute atomic E-state index is 13.2. The van der Waals surface area contributed by atoms with Gasteiger partial charge in [0.2, 0.25) is 5.88 Å². The molecule has 0 saturated carbocycles. The van der Waals surface area contributed by atoms with Crippen LogP contribution in [0.15, 0.2) is 29.1 Å². The molecule has 7 heteroatoms. The Kier molecular flexibility index (Phi) is 8.63. The molecule has 0 saturated heterocycles. The van der Waals surface area contributed by atoms with Crippen molar-refractivity contribution >= 4 is 5.78 Å². The van der Waals surface area contributed by atoms with Crippen LogP contribution >= 0.6 is 0 Å². The average Bonchev–Trinajstić information content (AvgIpc) is 2.74. The van der Waals surface area contributed by atoms with Gasteiger partial charge >= 0.3 is 0 Å². The summed E-state index contributed by atoms with van der Waals surface area (Å²) in [6, 6.07) is 8.55. The van der Waals surface area contributed by atoms with Crippen LogP contribution < -0.4 is 10.3 Å². The van der Waals surface area contributed by atoms with Crippen molar-refractivity contribution < 1.29 is 19.4 Å². The molecule has 30 heavy (non-hydrogen) atoms. The van der Waals surface area contributed by atoms with E-state index in [0.717, 1.165) is 17.4 Å². The van der Waals surface area contributed by atoms with Crippen LogP contribution in [0.4, 0.5) is 0 Å². The summed E-state index contributed by atoms with van der Waals surface area (Å²) >= 11 is 0. The van der Waals surface area contributed by atoms with Crippen LogP contribution in [0.1, 0.15) is 60.2 Å². The summed E-state index contributed by atoms with van der Waals surface area (Å²) in [5, 5.41) is 20.2. The van der Waals surface area contributed by atoms with Gasteiger partial charge in [-0.3, -0.25) is 14.2 Å². The van der Waals surface area contributed by atoms with Gasteiger partial charge in [-0.05, 0) is 44.4 Å². The normalized spacial score (nSPS) is 10.6. The van der Waals surface area contributed by atoms with Gasteiger partial charge < -0.3 is 14.6 Å². The molecule has 0 aliphatic rings. The lowest BCUT2D eigenvalue weighted by Crippen LogP contribution is -2.27. The fraction of sp³-hybridized carbons (Fsp3) is 0.435. The Morgan fingerprint density at radius 1 is 1.23 bits per heavy atom. The van der Waals surface area contributed by atoms with Crippen molar-refractivity contribution in [2.75, 3.05) is 19.8 Å². The third-order valence-electron chi connectivity index (χ3n) is 4.76. The molecule has 0 amide bonds. The van der Waals surface area contributed by atoms with Gasteiger partial charge in [-0.1, -0.05) is 25.5 Å². The van der Waals surface area contributed by atoms with Crippen molar-refractivity contribution in [1.82, 2.24) is 4.57 Å². The van der Waals surface area contributed by atoms with E-state index in [4.69, 9.17) is 9.47 Å². The maximum atomic E-state index is 13.2. The van der Waals surface area contributed by atoms with Gasteiger partial charge in [-0.15, -0.1) is 0 Å². The van der Waals surface area contributed by atoms with E-state index < -0.39 is 17.2 Å². The zero-order valence-corrected chi connectivity index (χ0v) is 17.7. The zero-order chi connectivity index (χ0) is 22.1. The molecule has 0 spiro atoms. The quantitative estimate of drug-likeness (QED) is 0.447. The van der Waals surface area contributed by atoms with Crippen molar-refractivity contribution in [3.8, 4) is 17.7 Å². The monoisotopic (exact) mass is 412 g/mol. The molecule has 0 unspecified atom stereocenters. The maximum Gasteiger partial charge on any atom is 0.271 e. The Morgan fingerprint density at radius 3 is 2.67 bits per heavy atom. The van der Waals surface area contributed by atoms with Crippen molar-refractivity contribution in [2.45, 2.75) is 46.6 Å².